The van der Waals surface area contributed by atoms with E-state index >= 15 is 0 Å². The van der Waals surface area contributed by atoms with Gasteiger partial charge in [0.1, 0.15) is 0 Å². The topological polar surface area (TPSA) is 26.0 Å². The molecule has 0 amide bonds. The van der Waals surface area contributed by atoms with Crippen LogP contribution in [0.25, 0.3) is 0 Å². The molecule has 0 fully saturated rings. The molecule has 96 valence electrons. The van der Waals surface area contributed by atoms with Gasteiger partial charge < -0.3 is 5.73 Å². The SMILES string of the molecule is NCC(CCc1ccsc1)Cc1ccc(Br)cc1. The molecule has 2 N–H and O–H groups in total. The van der Waals surface area contributed by atoms with Gasteiger partial charge in [0.2, 0.25) is 0 Å². The summed E-state index contributed by atoms with van der Waals surface area (Å²) < 4.78 is 1.13. The highest BCUT2D eigenvalue weighted by Crippen LogP contribution is 2.18. The van der Waals surface area contributed by atoms with Crippen molar-refractivity contribution in [1.29, 1.82) is 0 Å². The first-order chi connectivity index (χ1) is 8.78. The molecule has 1 aromatic heterocycles. The molecule has 0 bridgehead atoms. The Morgan fingerprint density at radius 3 is 2.50 bits per heavy atom. The lowest BCUT2D eigenvalue weighted by Gasteiger charge is -2.14. The highest BCUT2D eigenvalue weighted by molar-refractivity contribution is 9.10. The molecule has 1 nitrogen and oxygen atoms in total. The van der Waals surface area contributed by atoms with Crippen LogP contribution in [0.5, 0.6) is 0 Å². The number of hydrogen-bond acceptors (Lipinski definition) is 2. The van der Waals surface area contributed by atoms with Crippen molar-refractivity contribution in [2.24, 2.45) is 11.7 Å². The Morgan fingerprint density at radius 2 is 1.89 bits per heavy atom. The summed E-state index contributed by atoms with van der Waals surface area (Å²) in [6.45, 7) is 0.764. The Morgan fingerprint density at radius 1 is 1.11 bits per heavy atom. The maximum Gasteiger partial charge on any atom is 0.0175 e. The monoisotopic (exact) mass is 323 g/mol. The van der Waals surface area contributed by atoms with E-state index in [1.54, 1.807) is 11.3 Å². The van der Waals surface area contributed by atoms with E-state index < -0.39 is 0 Å². The Bertz CT molecular complexity index is 450. The van der Waals surface area contributed by atoms with Crippen molar-refractivity contribution in [3.8, 4) is 0 Å². The first kappa shape index (κ1) is 13.8. The van der Waals surface area contributed by atoms with E-state index in [4.69, 9.17) is 5.73 Å². The number of aryl methyl sites for hydroxylation is 1. The molecule has 0 radical (unpaired) electrons. The molecule has 0 saturated heterocycles. The first-order valence-corrected chi connectivity index (χ1v) is 7.97. The summed E-state index contributed by atoms with van der Waals surface area (Å²) in [6, 6.07) is 10.8. The maximum absolute atomic E-state index is 5.88. The molecule has 2 rings (SSSR count). The average molecular weight is 324 g/mol. The Kier molecular flexibility index (Phi) is 5.42. The minimum Gasteiger partial charge on any atom is -0.330 e. The lowest BCUT2D eigenvalue weighted by molar-refractivity contribution is 0.494. The minimum absolute atomic E-state index is 0.575. The molecule has 1 unspecified atom stereocenters. The highest BCUT2D eigenvalue weighted by atomic mass is 79.9. The molecular weight excluding hydrogens is 306 g/mol. The predicted molar refractivity (Wildman–Crippen MR) is 83.0 cm³/mol. The number of thiophene rings is 1. The fourth-order valence-corrected chi connectivity index (χ4v) is 3.03. The van der Waals surface area contributed by atoms with Crippen molar-refractivity contribution >= 4 is 27.3 Å². The van der Waals surface area contributed by atoms with Crippen LogP contribution in [0.3, 0.4) is 0 Å². The van der Waals surface area contributed by atoms with Crippen LogP contribution in [-0.4, -0.2) is 6.54 Å². The fourth-order valence-electron chi connectivity index (χ4n) is 2.06. The van der Waals surface area contributed by atoms with Gasteiger partial charge in [0, 0.05) is 4.47 Å². The molecule has 0 aliphatic rings. The van der Waals surface area contributed by atoms with E-state index in [0.717, 1.165) is 23.9 Å². The predicted octanol–water partition coefficient (Wildman–Crippen LogP) is 4.26. The standard InChI is InChI=1S/C15H18BrNS/c16-15-5-3-12(4-6-15)9-14(10-17)2-1-13-7-8-18-11-13/h3-8,11,14H,1-2,9-10,17H2. The summed E-state index contributed by atoms with van der Waals surface area (Å²) in [6.07, 6.45) is 3.39. The zero-order valence-electron chi connectivity index (χ0n) is 10.3. The maximum atomic E-state index is 5.88. The number of hydrogen-bond donors (Lipinski definition) is 1. The number of halogens is 1. The number of benzene rings is 1. The third kappa shape index (κ3) is 4.23. The molecule has 2 aromatic rings. The van der Waals surface area contributed by atoms with E-state index in [1.807, 2.05) is 0 Å². The Hall–Kier alpha value is -0.640. The van der Waals surface area contributed by atoms with Gasteiger partial charge in [-0.25, -0.2) is 0 Å². The molecule has 1 heterocycles. The molecule has 1 atom stereocenters. The summed E-state index contributed by atoms with van der Waals surface area (Å²) in [5.41, 5.74) is 8.70. The van der Waals surface area contributed by atoms with Gasteiger partial charge >= 0.3 is 0 Å². The largest absolute Gasteiger partial charge is 0.330 e. The van der Waals surface area contributed by atoms with Gasteiger partial charge in [-0.3, -0.25) is 0 Å². The Balaban J connectivity index is 1.87. The highest BCUT2D eigenvalue weighted by Gasteiger charge is 2.08. The summed E-state index contributed by atoms with van der Waals surface area (Å²) in [5.74, 6) is 0.575. The van der Waals surface area contributed by atoms with Crippen molar-refractivity contribution in [1.82, 2.24) is 0 Å². The molecule has 0 saturated carbocycles. The fraction of sp³-hybridized carbons (Fsp3) is 0.333. The van der Waals surface area contributed by atoms with Crippen LogP contribution in [0, 0.1) is 5.92 Å². The smallest absolute Gasteiger partial charge is 0.0175 e. The van der Waals surface area contributed by atoms with Crippen LogP contribution in [0.4, 0.5) is 0 Å². The van der Waals surface area contributed by atoms with Crippen molar-refractivity contribution in [2.75, 3.05) is 6.54 Å². The van der Waals surface area contributed by atoms with Crippen molar-refractivity contribution in [3.05, 3.63) is 56.7 Å². The van der Waals surface area contributed by atoms with Gasteiger partial charge in [0.05, 0.1) is 0 Å². The third-order valence-corrected chi connectivity index (χ3v) is 4.45. The second-order valence-corrected chi connectivity index (χ2v) is 6.30. The Labute approximate surface area is 121 Å². The average Bonchev–Trinajstić information content (AvgIpc) is 2.90. The van der Waals surface area contributed by atoms with Gasteiger partial charge in [0.15, 0.2) is 0 Å². The van der Waals surface area contributed by atoms with E-state index in [9.17, 15) is 0 Å². The van der Waals surface area contributed by atoms with Crippen LogP contribution >= 0.6 is 27.3 Å². The zero-order chi connectivity index (χ0) is 12.8. The lowest BCUT2D eigenvalue weighted by Crippen LogP contribution is -2.17. The molecule has 3 heteroatoms. The van der Waals surface area contributed by atoms with Gasteiger partial charge in [0.25, 0.3) is 0 Å². The molecular formula is C15H18BrNS. The van der Waals surface area contributed by atoms with Gasteiger partial charge in [-0.1, -0.05) is 28.1 Å². The van der Waals surface area contributed by atoms with Gasteiger partial charge in [-0.2, -0.15) is 11.3 Å². The van der Waals surface area contributed by atoms with Gasteiger partial charge in [-0.15, -0.1) is 0 Å². The molecule has 0 aliphatic heterocycles. The molecule has 0 spiro atoms. The summed E-state index contributed by atoms with van der Waals surface area (Å²) in [7, 11) is 0. The quantitative estimate of drug-likeness (QED) is 0.844. The van der Waals surface area contributed by atoms with Crippen LogP contribution in [-0.2, 0) is 12.8 Å². The van der Waals surface area contributed by atoms with Crippen LogP contribution in [0.2, 0.25) is 0 Å². The lowest BCUT2D eigenvalue weighted by atomic mass is 9.93. The van der Waals surface area contributed by atoms with Crippen LogP contribution in [0.1, 0.15) is 17.5 Å². The molecule has 18 heavy (non-hydrogen) atoms. The van der Waals surface area contributed by atoms with E-state index in [-0.39, 0.29) is 0 Å². The molecule has 0 aliphatic carbocycles. The number of rotatable bonds is 6. The van der Waals surface area contributed by atoms with Crippen molar-refractivity contribution in [3.63, 3.8) is 0 Å². The summed E-state index contributed by atoms with van der Waals surface area (Å²) >= 11 is 5.23. The summed E-state index contributed by atoms with van der Waals surface area (Å²) in [5, 5.41) is 4.37. The van der Waals surface area contributed by atoms with E-state index in [1.165, 1.54) is 17.5 Å². The van der Waals surface area contributed by atoms with E-state index in [0.29, 0.717) is 5.92 Å². The third-order valence-electron chi connectivity index (χ3n) is 3.19. The number of nitrogens with two attached hydrogens (primary N) is 1. The second-order valence-electron chi connectivity index (χ2n) is 4.60. The molecule has 1 aromatic carbocycles. The first-order valence-electron chi connectivity index (χ1n) is 6.23. The van der Waals surface area contributed by atoms with Crippen LogP contribution < -0.4 is 5.73 Å². The second kappa shape index (κ2) is 7.07. The normalized spacial score (nSPS) is 12.6. The van der Waals surface area contributed by atoms with E-state index in [2.05, 4.69) is 57.0 Å². The minimum atomic E-state index is 0.575. The van der Waals surface area contributed by atoms with Crippen molar-refractivity contribution < 1.29 is 0 Å². The zero-order valence-corrected chi connectivity index (χ0v) is 12.7. The van der Waals surface area contributed by atoms with Crippen LogP contribution in [0.15, 0.2) is 45.6 Å². The summed E-state index contributed by atoms with van der Waals surface area (Å²) in [4.78, 5) is 0. The van der Waals surface area contributed by atoms with Crippen molar-refractivity contribution in [2.45, 2.75) is 19.3 Å². The van der Waals surface area contributed by atoms with Gasteiger partial charge in [-0.05, 0) is 71.8 Å².